The molecule has 0 bridgehead atoms. The van der Waals surface area contributed by atoms with Crippen molar-refractivity contribution in [3.8, 4) is 17.1 Å². The van der Waals surface area contributed by atoms with Crippen molar-refractivity contribution in [2.75, 3.05) is 16.0 Å². The molecule has 224 valence electrons. The van der Waals surface area contributed by atoms with E-state index < -0.39 is 29.5 Å². The number of furan rings is 1. The third-order valence-corrected chi connectivity index (χ3v) is 7.40. The summed E-state index contributed by atoms with van der Waals surface area (Å²) in [4.78, 5) is 34.5. The van der Waals surface area contributed by atoms with Crippen molar-refractivity contribution in [2.24, 2.45) is 4.99 Å². The fourth-order valence-corrected chi connectivity index (χ4v) is 5.19. The minimum Gasteiger partial charge on any atom is -0.462 e. The molecule has 3 amide bonds. The summed E-state index contributed by atoms with van der Waals surface area (Å²) >= 11 is 1.03. The van der Waals surface area contributed by atoms with E-state index in [1.165, 1.54) is 29.6 Å². The molecular formula is C28H16F6N6O3S. The van der Waals surface area contributed by atoms with E-state index in [0.29, 0.717) is 23.4 Å². The molecule has 1 aliphatic rings. The maximum Gasteiger partial charge on any atom is 0.458 e. The van der Waals surface area contributed by atoms with Crippen LogP contribution in [0, 0.1) is 5.82 Å². The van der Waals surface area contributed by atoms with E-state index in [0.717, 1.165) is 40.0 Å². The first-order chi connectivity index (χ1) is 20.9. The Morgan fingerprint density at radius 2 is 1.80 bits per heavy atom. The van der Waals surface area contributed by atoms with Crippen LogP contribution < -0.4 is 10.2 Å². The Morgan fingerprint density at radius 1 is 1.02 bits per heavy atom. The lowest BCUT2D eigenvalue weighted by molar-refractivity contribution is -0.289. The fraction of sp³-hybridized carbons (Fsp3) is 0.107. The number of halogens is 6. The molecule has 5 aromatic rings. The number of benzene rings is 3. The molecule has 1 N–H and O–H groups in total. The van der Waals surface area contributed by atoms with Gasteiger partial charge in [-0.2, -0.15) is 26.9 Å². The molecule has 3 heterocycles. The highest BCUT2D eigenvalue weighted by atomic mass is 32.2. The van der Waals surface area contributed by atoms with Crippen LogP contribution in [0.4, 0.5) is 42.5 Å². The van der Waals surface area contributed by atoms with Gasteiger partial charge in [0.15, 0.2) is 16.6 Å². The van der Waals surface area contributed by atoms with E-state index in [9.17, 15) is 35.9 Å². The molecule has 0 unspecified atom stereocenters. The topological polar surface area (TPSA) is 106 Å². The van der Waals surface area contributed by atoms with Gasteiger partial charge in [-0.25, -0.2) is 18.9 Å². The maximum atomic E-state index is 15.0. The number of hydrogen-bond donors (Lipinski definition) is 1. The van der Waals surface area contributed by atoms with Crippen molar-refractivity contribution in [1.29, 1.82) is 0 Å². The SMILES string of the molecule is O=C(/N=C1\SCC(=O)N1c1cccc2ccoc12)Nc1ccc(-c2ncn(-c3ccc(C(F)(F)C(F)(F)F)cc3)n2)cc1F. The molecule has 6 rings (SSSR count). The first-order valence-electron chi connectivity index (χ1n) is 12.5. The zero-order valence-corrected chi connectivity index (χ0v) is 22.7. The molecule has 1 aliphatic heterocycles. The number of alkyl halides is 5. The number of nitrogens with one attached hydrogen (secondary N) is 1. The van der Waals surface area contributed by atoms with Gasteiger partial charge in [-0.15, -0.1) is 5.10 Å². The summed E-state index contributed by atoms with van der Waals surface area (Å²) in [5, 5.41) is 7.29. The summed E-state index contributed by atoms with van der Waals surface area (Å²) in [6.45, 7) is 0. The van der Waals surface area contributed by atoms with Crippen LogP contribution in [0.2, 0.25) is 0 Å². The lowest BCUT2D eigenvalue weighted by Crippen LogP contribution is -2.33. The number of para-hydroxylation sites is 1. The molecule has 0 aliphatic carbocycles. The van der Waals surface area contributed by atoms with Crippen molar-refractivity contribution < 1.29 is 40.3 Å². The van der Waals surface area contributed by atoms with Crippen molar-refractivity contribution >= 4 is 51.2 Å². The smallest absolute Gasteiger partial charge is 0.458 e. The first kappa shape index (κ1) is 29.0. The van der Waals surface area contributed by atoms with Gasteiger partial charge in [-0.1, -0.05) is 36.0 Å². The number of carbonyl (C=O) groups excluding carboxylic acids is 2. The lowest BCUT2D eigenvalue weighted by atomic mass is 10.1. The Morgan fingerprint density at radius 3 is 2.52 bits per heavy atom. The molecule has 44 heavy (non-hydrogen) atoms. The highest BCUT2D eigenvalue weighted by Gasteiger charge is 2.58. The monoisotopic (exact) mass is 630 g/mol. The van der Waals surface area contributed by atoms with Crippen molar-refractivity contribution in [1.82, 2.24) is 14.8 Å². The van der Waals surface area contributed by atoms with E-state index in [1.807, 2.05) is 0 Å². The lowest BCUT2D eigenvalue weighted by Gasteiger charge is -2.19. The summed E-state index contributed by atoms with van der Waals surface area (Å²) in [7, 11) is 0. The van der Waals surface area contributed by atoms with Gasteiger partial charge < -0.3 is 9.73 Å². The number of anilines is 2. The molecular weight excluding hydrogens is 614 g/mol. The number of nitrogens with zero attached hydrogens (tertiary/aromatic N) is 5. The summed E-state index contributed by atoms with van der Waals surface area (Å²) in [5.41, 5.74) is -0.298. The molecule has 0 spiro atoms. The zero-order valence-electron chi connectivity index (χ0n) is 21.8. The summed E-state index contributed by atoms with van der Waals surface area (Å²) in [6, 6.07) is 12.9. The van der Waals surface area contributed by atoms with Gasteiger partial charge in [0.2, 0.25) is 5.91 Å². The average Bonchev–Trinajstić information content (AvgIpc) is 3.74. The fourth-order valence-electron chi connectivity index (χ4n) is 4.33. The maximum absolute atomic E-state index is 15.0. The molecule has 1 fully saturated rings. The molecule has 2 aromatic heterocycles. The molecule has 16 heteroatoms. The minimum absolute atomic E-state index is 0.00956. The first-order valence-corrected chi connectivity index (χ1v) is 13.5. The van der Waals surface area contributed by atoms with Gasteiger partial charge in [0.1, 0.15) is 12.1 Å². The van der Waals surface area contributed by atoms with Crippen LogP contribution in [-0.4, -0.2) is 43.8 Å². The van der Waals surface area contributed by atoms with Crippen LogP contribution in [0.3, 0.4) is 0 Å². The van der Waals surface area contributed by atoms with E-state index >= 15 is 0 Å². The van der Waals surface area contributed by atoms with Gasteiger partial charge in [-0.3, -0.25) is 9.69 Å². The van der Waals surface area contributed by atoms with Crippen LogP contribution in [0.25, 0.3) is 28.0 Å². The number of aromatic nitrogens is 3. The number of carbonyl (C=O) groups is 2. The Bertz CT molecular complexity index is 1940. The van der Waals surface area contributed by atoms with Crippen LogP contribution in [0.5, 0.6) is 0 Å². The largest absolute Gasteiger partial charge is 0.462 e. The second kappa shape index (κ2) is 10.9. The van der Waals surface area contributed by atoms with Gasteiger partial charge in [-0.05, 0) is 42.5 Å². The second-order valence-electron chi connectivity index (χ2n) is 9.28. The number of thioether (sulfide) groups is 1. The van der Waals surface area contributed by atoms with Gasteiger partial charge in [0.25, 0.3) is 0 Å². The number of amides is 3. The van der Waals surface area contributed by atoms with Gasteiger partial charge >= 0.3 is 18.1 Å². The predicted molar refractivity (Wildman–Crippen MR) is 149 cm³/mol. The summed E-state index contributed by atoms with van der Waals surface area (Å²) < 4.78 is 86.6. The number of amidine groups is 1. The summed E-state index contributed by atoms with van der Waals surface area (Å²) in [6.07, 6.45) is -3.10. The molecule has 3 aromatic carbocycles. The third-order valence-electron chi connectivity index (χ3n) is 6.47. The Balaban J connectivity index is 1.17. The molecule has 0 radical (unpaired) electrons. The molecule has 0 saturated carbocycles. The van der Waals surface area contributed by atoms with E-state index in [-0.39, 0.29) is 39.6 Å². The quantitative estimate of drug-likeness (QED) is 0.207. The molecule has 9 nitrogen and oxygen atoms in total. The van der Waals surface area contributed by atoms with E-state index in [2.05, 4.69) is 20.4 Å². The van der Waals surface area contributed by atoms with E-state index in [1.54, 1.807) is 24.3 Å². The van der Waals surface area contributed by atoms with Crippen molar-refractivity contribution in [3.63, 3.8) is 0 Å². The van der Waals surface area contributed by atoms with Crippen LogP contribution in [0.15, 0.2) is 88.7 Å². The molecule has 1 saturated heterocycles. The Hall–Kier alpha value is -5.12. The number of aliphatic imine (C=N–C) groups is 1. The molecule has 0 atom stereocenters. The highest BCUT2D eigenvalue weighted by Crippen LogP contribution is 2.44. The minimum atomic E-state index is -5.75. The van der Waals surface area contributed by atoms with Crippen molar-refractivity contribution in [3.05, 3.63) is 90.7 Å². The standard InChI is InChI=1S/C28H16F6N6O3S/c29-19-12-16(24-35-14-39(38-24)18-7-5-17(6-8-18)27(30,31)28(32,33)34)4-9-20(19)36-25(42)37-26-40(22(41)13-44-26)21-3-1-2-15-10-11-43-23(15)21/h1-12,14H,13H2,(H,36,42)/b37-26-. The van der Waals surface area contributed by atoms with Crippen LogP contribution >= 0.6 is 11.8 Å². The normalized spacial score (nSPS) is 15.0. The van der Waals surface area contributed by atoms with Crippen molar-refractivity contribution in [2.45, 2.75) is 12.1 Å². The third kappa shape index (κ3) is 5.27. The predicted octanol–water partition coefficient (Wildman–Crippen LogP) is 7.14. The number of rotatable bonds is 5. The zero-order chi connectivity index (χ0) is 31.2. The summed E-state index contributed by atoms with van der Waals surface area (Å²) in [5.74, 6) is -6.16. The highest BCUT2D eigenvalue weighted by molar-refractivity contribution is 8.15. The van der Waals surface area contributed by atoms with E-state index in [4.69, 9.17) is 4.42 Å². The number of fused-ring (bicyclic) bond motifs is 1. The van der Waals surface area contributed by atoms with Gasteiger partial charge in [0, 0.05) is 16.5 Å². The second-order valence-corrected chi connectivity index (χ2v) is 10.2. The van der Waals surface area contributed by atoms with Crippen LogP contribution in [-0.2, 0) is 10.7 Å². The number of hydrogen-bond acceptors (Lipinski definition) is 6. The Labute approximate surface area is 247 Å². The Kier molecular flexibility index (Phi) is 7.15. The number of urea groups is 1. The van der Waals surface area contributed by atoms with Gasteiger partial charge in [0.05, 0.1) is 29.1 Å². The average molecular weight is 631 g/mol. The van der Waals surface area contributed by atoms with Crippen LogP contribution in [0.1, 0.15) is 5.56 Å².